The van der Waals surface area contributed by atoms with E-state index in [2.05, 4.69) is 21.8 Å². The minimum absolute atomic E-state index is 0.214. The molecule has 0 unspecified atom stereocenters. The monoisotopic (exact) mass is 320 g/mol. The van der Waals surface area contributed by atoms with Gasteiger partial charge in [0.2, 0.25) is 5.95 Å². The molecule has 1 amide bonds. The molecule has 1 aromatic rings. The van der Waals surface area contributed by atoms with Gasteiger partial charge in [0.1, 0.15) is 5.60 Å². The van der Waals surface area contributed by atoms with E-state index in [-0.39, 0.29) is 6.09 Å². The number of likely N-dealkylation sites (tertiary alicyclic amines) is 1. The van der Waals surface area contributed by atoms with E-state index >= 15 is 0 Å². The van der Waals surface area contributed by atoms with Crippen molar-refractivity contribution in [3.05, 3.63) is 18.5 Å². The molecule has 0 aromatic carbocycles. The molecule has 1 fully saturated rings. The molecule has 0 aliphatic carbocycles. The average Bonchev–Trinajstić information content (AvgIpc) is 2.52. The Morgan fingerprint density at radius 2 is 1.91 bits per heavy atom. The summed E-state index contributed by atoms with van der Waals surface area (Å²) in [6, 6.07) is 2.20. The Kier molecular flexibility index (Phi) is 5.80. The van der Waals surface area contributed by atoms with Crippen LogP contribution in [0.2, 0.25) is 0 Å². The van der Waals surface area contributed by atoms with Crippen molar-refractivity contribution >= 4 is 12.0 Å². The molecule has 0 bridgehead atoms. The molecule has 1 saturated heterocycles. The van der Waals surface area contributed by atoms with E-state index in [9.17, 15) is 4.79 Å². The van der Waals surface area contributed by atoms with Crippen molar-refractivity contribution in [3.8, 4) is 0 Å². The van der Waals surface area contributed by atoms with Gasteiger partial charge in [0.25, 0.3) is 0 Å². The third-order valence-corrected chi connectivity index (χ3v) is 3.83. The summed E-state index contributed by atoms with van der Waals surface area (Å²) >= 11 is 0. The van der Waals surface area contributed by atoms with Crippen LogP contribution in [0, 0.1) is 0 Å². The van der Waals surface area contributed by atoms with Crippen LogP contribution in [0.1, 0.15) is 47.0 Å². The van der Waals surface area contributed by atoms with Crippen molar-refractivity contribution in [1.82, 2.24) is 14.9 Å². The Hall–Kier alpha value is -1.85. The van der Waals surface area contributed by atoms with Crippen LogP contribution in [0.25, 0.3) is 0 Å². The number of ether oxygens (including phenoxy) is 1. The van der Waals surface area contributed by atoms with Crippen LogP contribution in [0.15, 0.2) is 18.5 Å². The lowest BCUT2D eigenvalue weighted by Gasteiger charge is -2.38. The van der Waals surface area contributed by atoms with E-state index in [4.69, 9.17) is 4.74 Å². The molecule has 23 heavy (non-hydrogen) atoms. The van der Waals surface area contributed by atoms with Gasteiger partial charge in [-0.3, -0.25) is 0 Å². The Morgan fingerprint density at radius 1 is 1.30 bits per heavy atom. The Balaban J connectivity index is 1.95. The van der Waals surface area contributed by atoms with Gasteiger partial charge in [-0.15, -0.1) is 0 Å². The number of amides is 1. The quantitative estimate of drug-likeness (QED) is 0.853. The predicted octanol–water partition coefficient (Wildman–Crippen LogP) is 3.09. The van der Waals surface area contributed by atoms with Crippen molar-refractivity contribution < 1.29 is 9.53 Å². The zero-order chi connectivity index (χ0) is 16.9. The highest BCUT2D eigenvalue weighted by atomic mass is 16.6. The topological polar surface area (TPSA) is 58.6 Å². The third-order valence-electron chi connectivity index (χ3n) is 3.83. The van der Waals surface area contributed by atoms with E-state index in [1.54, 1.807) is 17.3 Å². The summed E-state index contributed by atoms with van der Waals surface area (Å²) in [5.41, 5.74) is -0.444. The van der Waals surface area contributed by atoms with Crippen LogP contribution < -0.4 is 4.90 Å². The molecule has 1 aliphatic heterocycles. The van der Waals surface area contributed by atoms with Gasteiger partial charge in [-0.25, -0.2) is 14.8 Å². The molecular weight excluding hydrogens is 292 g/mol. The van der Waals surface area contributed by atoms with Gasteiger partial charge in [0.05, 0.1) is 0 Å². The first-order valence-electron chi connectivity index (χ1n) is 8.42. The Labute approximate surface area is 138 Å². The second-order valence-corrected chi connectivity index (χ2v) is 6.94. The maximum absolute atomic E-state index is 12.2. The molecule has 1 aromatic heterocycles. The van der Waals surface area contributed by atoms with Crippen molar-refractivity contribution in [2.24, 2.45) is 0 Å². The molecule has 0 radical (unpaired) electrons. The van der Waals surface area contributed by atoms with E-state index < -0.39 is 5.60 Å². The SMILES string of the molecule is CCCN(c1ncccn1)C1CCN(C(=O)OC(C)(C)C)CC1. The standard InChI is InChI=1S/C17H28N4O2/c1-5-11-21(15-18-9-6-10-19-15)14-7-12-20(13-8-14)16(22)23-17(2,3)4/h6,9-10,14H,5,7-8,11-13H2,1-4H3. The number of hydrogen-bond acceptors (Lipinski definition) is 5. The second kappa shape index (κ2) is 7.62. The molecule has 2 heterocycles. The van der Waals surface area contributed by atoms with Gasteiger partial charge in [0.15, 0.2) is 0 Å². The van der Waals surface area contributed by atoms with Crippen molar-refractivity contribution in [3.63, 3.8) is 0 Å². The molecule has 128 valence electrons. The maximum Gasteiger partial charge on any atom is 0.410 e. The van der Waals surface area contributed by atoms with E-state index in [0.29, 0.717) is 19.1 Å². The highest BCUT2D eigenvalue weighted by Crippen LogP contribution is 2.22. The van der Waals surface area contributed by atoms with Crippen LogP contribution in [0.4, 0.5) is 10.7 Å². The Morgan fingerprint density at radius 3 is 2.43 bits per heavy atom. The summed E-state index contributed by atoms with van der Waals surface area (Å²) in [7, 11) is 0. The van der Waals surface area contributed by atoms with Crippen molar-refractivity contribution in [2.45, 2.75) is 58.6 Å². The number of rotatable bonds is 4. The minimum atomic E-state index is -0.444. The van der Waals surface area contributed by atoms with Gasteiger partial charge in [-0.1, -0.05) is 6.92 Å². The maximum atomic E-state index is 12.2. The molecule has 1 aliphatic rings. The second-order valence-electron chi connectivity index (χ2n) is 6.94. The molecule has 6 nitrogen and oxygen atoms in total. The molecular formula is C17H28N4O2. The molecule has 2 rings (SSSR count). The zero-order valence-corrected chi connectivity index (χ0v) is 14.7. The van der Waals surface area contributed by atoms with E-state index in [0.717, 1.165) is 31.8 Å². The largest absolute Gasteiger partial charge is 0.444 e. The average molecular weight is 320 g/mol. The van der Waals surface area contributed by atoms with Crippen LogP contribution >= 0.6 is 0 Å². The molecule has 6 heteroatoms. The summed E-state index contributed by atoms with van der Waals surface area (Å²) in [5, 5.41) is 0. The molecule has 0 spiro atoms. The fraction of sp³-hybridized carbons (Fsp3) is 0.706. The minimum Gasteiger partial charge on any atom is -0.444 e. The Bertz CT molecular complexity index is 493. The first-order chi connectivity index (χ1) is 10.9. The fourth-order valence-corrected chi connectivity index (χ4v) is 2.81. The van der Waals surface area contributed by atoms with Gasteiger partial charge in [0, 0.05) is 38.1 Å². The molecule has 0 saturated carbocycles. The number of anilines is 1. The summed E-state index contributed by atoms with van der Waals surface area (Å²) in [4.78, 5) is 25.0. The summed E-state index contributed by atoms with van der Waals surface area (Å²) < 4.78 is 5.45. The fourth-order valence-electron chi connectivity index (χ4n) is 2.81. The van der Waals surface area contributed by atoms with Gasteiger partial charge in [-0.05, 0) is 46.1 Å². The first-order valence-corrected chi connectivity index (χ1v) is 8.42. The highest BCUT2D eigenvalue weighted by Gasteiger charge is 2.30. The van der Waals surface area contributed by atoms with Crippen LogP contribution in [0.5, 0.6) is 0 Å². The number of piperidine rings is 1. The smallest absolute Gasteiger partial charge is 0.410 e. The molecule has 0 N–H and O–H groups in total. The van der Waals surface area contributed by atoms with Gasteiger partial charge >= 0.3 is 6.09 Å². The molecule has 0 atom stereocenters. The number of carbonyl (C=O) groups excluding carboxylic acids is 1. The van der Waals surface area contributed by atoms with E-state index in [1.165, 1.54) is 0 Å². The lowest BCUT2D eigenvalue weighted by molar-refractivity contribution is 0.0204. The highest BCUT2D eigenvalue weighted by molar-refractivity contribution is 5.68. The lowest BCUT2D eigenvalue weighted by Crippen LogP contribution is -2.48. The number of aromatic nitrogens is 2. The van der Waals surface area contributed by atoms with E-state index in [1.807, 2.05) is 26.8 Å². The summed E-state index contributed by atoms with van der Waals surface area (Å²) in [6.45, 7) is 10.2. The van der Waals surface area contributed by atoms with Crippen molar-refractivity contribution in [1.29, 1.82) is 0 Å². The summed E-state index contributed by atoms with van der Waals surface area (Å²) in [5.74, 6) is 0.782. The van der Waals surface area contributed by atoms with Crippen LogP contribution in [-0.4, -0.2) is 52.2 Å². The number of hydrogen-bond donors (Lipinski definition) is 0. The lowest BCUT2D eigenvalue weighted by atomic mass is 10.0. The van der Waals surface area contributed by atoms with Gasteiger partial charge < -0.3 is 14.5 Å². The van der Waals surface area contributed by atoms with Crippen molar-refractivity contribution in [2.75, 3.05) is 24.5 Å². The van der Waals surface area contributed by atoms with Gasteiger partial charge in [-0.2, -0.15) is 0 Å². The summed E-state index contributed by atoms with van der Waals surface area (Å²) in [6.07, 6.45) is 6.22. The number of carbonyl (C=O) groups is 1. The zero-order valence-electron chi connectivity index (χ0n) is 14.7. The number of nitrogens with zero attached hydrogens (tertiary/aromatic N) is 4. The third kappa shape index (κ3) is 5.08. The predicted molar refractivity (Wildman–Crippen MR) is 90.5 cm³/mol. The normalized spacial score (nSPS) is 16.3. The first kappa shape index (κ1) is 17.5. The van der Waals surface area contributed by atoms with Crippen LogP contribution in [-0.2, 0) is 4.74 Å². The van der Waals surface area contributed by atoms with Crippen LogP contribution in [0.3, 0.4) is 0 Å².